The maximum absolute atomic E-state index is 13.6. The topological polar surface area (TPSA) is 62.1 Å². The lowest BCUT2D eigenvalue weighted by Gasteiger charge is -2.32. The largest absolute Gasteiger partial charge is 0.483 e. The quantitative estimate of drug-likeness (QED) is 0.828. The summed E-state index contributed by atoms with van der Waals surface area (Å²) in [5.41, 5.74) is -2.50. The Balaban J connectivity index is 1.86. The number of hydrazone groups is 1. The van der Waals surface area contributed by atoms with Crippen LogP contribution in [0.15, 0.2) is 53.6 Å². The van der Waals surface area contributed by atoms with Crippen LogP contribution in [0.4, 0.5) is 13.2 Å². The Morgan fingerprint density at radius 3 is 2.50 bits per heavy atom. The molecule has 0 unspecified atom stereocenters. The Morgan fingerprint density at radius 2 is 1.89 bits per heavy atom. The van der Waals surface area contributed by atoms with E-state index < -0.39 is 30.8 Å². The molecule has 1 atom stereocenters. The van der Waals surface area contributed by atoms with Crippen molar-refractivity contribution in [2.45, 2.75) is 25.2 Å². The third-order valence-electron chi connectivity index (χ3n) is 4.30. The number of para-hydroxylation sites is 1. The van der Waals surface area contributed by atoms with E-state index in [1.165, 1.54) is 24.3 Å². The Labute approximate surface area is 164 Å². The Kier molecular flexibility index (Phi) is 5.36. The summed E-state index contributed by atoms with van der Waals surface area (Å²) in [6.07, 6.45) is -6.00. The van der Waals surface area contributed by atoms with Crippen LogP contribution >= 0.6 is 11.6 Å². The molecule has 5 nitrogen and oxygen atoms in total. The molecule has 1 amide bonds. The fraction of sp³-hybridized carbons (Fsp3) is 0.263. The van der Waals surface area contributed by atoms with Gasteiger partial charge in [-0.05, 0) is 36.2 Å². The number of hydrogen-bond donors (Lipinski definition) is 1. The first-order valence-corrected chi connectivity index (χ1v) is 8.63. The summed E-state index contributed by atoms with van der Waals surface area (Å²) in [6.45, 7) is 1.03. The predicted octanol–water partition coefficient (Wildman–Crippen LogP) is 3.91. The third kappa shape index (κ3) is 3.83. The zero-order chi connectivity index (χ0) is 20.5. The molecule has 9 heteroatoms. The highest BCUT2D eigenvalue weighted by Crippen LogP contribution is 2.41. The highest BCUT2D eigenvalue weighted by atomic mass is 35.5. The standard InChI is InChI=1S/C19H16ClF3N2O3/c1-12-4-2-3-5-16(12)28-11-17(26)25-18(27,19(21,22)23)10-15(24-25)13-6-8-14(20)9-7-13/h2-9,27H,10-11H2,1H3/t18-/m0/s1. The zero-order valence-electron chi connectivity index (χ0n) is 14.7. The number of ether oxygens (including phenoxy) is 1. The van der Waals surface area contributed by atoms with Gasteiger partial charge in [0, 0.05) is 5.02 Å². The number of hydrogen-bond acceptors (Lipinski definition) is 4. The Morgan fingerprint density at radius 1 is 1.25 bits per heavy atom. The number of aryl methyl sites for hydroxylation is 1. The summed E-state index contributed by atoms with van der Waals surface area (Å²) in [4.78, 5) is 12.4. The van der Waals surface area contributed by atoms with Crippen molar-refractivity contribution in [2.24, 2.45) is 5.10 Å². The number of aliphatic hydroxyl groups is 1. The van der Waals surface area contributed by atoms with E-state index in [0.29, 0.717) is 21.9 Å². The molecule has 3 rings (SSSR count). The monoisotopic (exact) mass is 412 g/mol. The van der Waals surface area contributed by atoms with Crippen molar-refractivity contribution in [1.29, 1.82) is 0 Å². The lowest BCUT2D eigenvalue weighted by atomic mass is 10.0. The minimum absolute atomic E-state index is 0.0508. The molecule has 0 spiro atoms. The molecule has 28 heavy (non-hydrogen) atoms. The molecule has 0 fully saturated rings. The van der Waals surface area contributed by atoms with Gasteiger partial charge in [-0.15, -0.1) is 0 Å². The number of halogens is 4. The first kappa shape index (κ1) is 20.2. The summed E-state index contributed by atoms with van der Waals surface area (Å²) in [6, 6.07) is 12.7. The van der Waals surface area contributed by atoms with E-state index >= 15 is 0 Å². The maximum Gasteiger partial charge on any atom is 0.438 e. The highest BCUT2D eigenvalue weighted by molar-refractivity contribution is 6.30. The van der Waals surface area contributed by atoms with Crippen molar-refractivity contribution in [3.8, 4) is 5.75 Å². The molecule has 1 aliphatic rings. The van der Waals surface area contributed by atoms with E-state index in [1.807, 2.05) is 0 Å². The van der Waals surface area contributed by atoms with Crippen LogP contribution in [0.3, 0.4) is 0 Å². The second-order valence-electron chi connectivity index (χ2n) is 6.30. The van der Waals surface area contributed by atoms with Crippen LogP contribution in [0.2, 0.25) is 5.02 Å². The number of carbonyl (C=O) groups is 1. The minimum atomic E-state index is -5.11. The maximum atomic E-state index is 13.6. The highest BCUT2D eigenvalue weighted by Gasteiger charge is 2.63. The van der Waals surface area contributed by atoms with Gasteiger partial charge in [0.05, 0.1) is 12.1 Å². The van der Waals surface area contributed by atoms with Gasteiger partial charge in [-0.1, -0.05) is 41.9 Å². The normalized spacial score (nSPS) is 19.5. The van der Waals surface area contributed by atoms with E-state index in [-0.39, 0.29) is 10.7 Å². The van der Waals surface area contributed by atoms with Gasteiger partial charge in [0.15, 0.2) is 6.61 Å². The summed E-state index contributed by atoms with van der Waals surface area (Å²) < 4.78 is 46.0. The fourth-order valence-electron chi connectivity index (χ4n) is 2.75. The van der Waals surface area contributed by atoms with E-state index in [2.05, 4.69) is 5.10 Å². The molecule has 0 saturated carbocycles. The van der Waals surface area contributed by atoms with Gasteiger partial charge in [-0.25, -0.2) is 0 Å². The average molecular weight is 413 g/mol. The van der Waals surface area contributed by atoms with Gasteiger partial charge in [-0.3, -0.25) is 4.79 Å². The second-order valence-corrected chi connectivity index (χ2v) is 6.74. The van der Waals surface area contributed by atoms with Crippen molar-refractivity contribution in [1.82, 2.24) is 5.01 Å². The van der Waals surface area contributed by atoms with Gasteiger partial charge < -0.3 is 9.84 Å². The number of rotatable bonds is 4. The van der Waals surface area contributed by atoms with E-state index in [0.717, 1.165) is 0 Å². The van der Waals surface area contributed by atoms with Crippen LogP contribution in [0.1, 0.15) is 17.5 Å². The molecule has 2 aromatic rings. The molecular weight excluding hydrogens is 397 g/mol. The lowest BCUT2D eigenvalue weighted by Crippen LogP contribution is -2.57. The van der Waals surface area contributed by atoms with Gasteiger partial charge in [-0.2, -0.15) is 23.3 Å². The van der Waals surface area contributed by atoms with Gasteiger partial charge in [0.1, 0.15) is 5.75 Å². The first-order valence-electron chi connectivity index (χ1n) is 8.26. The molecule has 1 heterocycles. The molecule has 0 aliphatic carbocycles. The number of nitrogens with zero attached hydrogens (tertiary/aromatic N) is 2. The number of amides is 1. The van der Waals surface area contributed by atoms with Gasteiger partial charge in [0.25, 0.3) is 11.6 Å². The first-order chi connectivity index (χ1) is 13.1. The van der Waals surface area contributed by atoms with Crippen molar-refractivity contribution < 1.29 is 27.8 Å². The molecule has 0 aromatic heterocycles. The lowest BCUT2D eigenvalue weighted by molar-refractivity contribution is -0.302. The van der Waals surface area contributed by atoms with Crippen LogP contribution < -0.4 is 4.74 Å². The van der Waals surface area contributed by atoms with E-state index in [4.69, 9.17) is 16.3 Å². The van der Waals surface area contributed by atoms with Crippen LogP contribution in [0.25, 0.3) is 0 Å². The van der Waals surface area contributed by atoms with Crippen LogP contribution in [-0.2, 0) is 4.79 Å². The Bertz CT molecular complexity index is 915. The molecule has 2 aromatic carbocycles. The second kappa shape index (κ2) is 7.44. The zero-order valence-corrected chi connectivity index (χ0v) is 15.5. The third-order valence-corrected chi connectivity index (χ3v) is 4.55. The molecule has 0 saturated heterocycles. The van der Waals surface area contributed by atoms with Crippen molar-refractivity contribution >= 4 is 23.2 Å². The predicted molar refractivity (Wildman–Crippen MR) is 97.1 cm³/mol. The number of carbonyl (C=O) groups excluding carboxylic acids is 1. The van der Waals surface area contributed by atoms with Crippen LogP contribution in [0, 0.1) is 6.92 Å². The molecule has 1 aliphatic heterocycles. The van der Waals surface area contributed by atoms with Crippen molar-refractivity contribution in [3.63, 3.8) is 0 Å². The molecule has 0 radical (unpaired) electrons. The smallest absolute Gasteiger partial charge is 0.438 e. The van der Waals surface area contributed by atoms with Crippen LogP contribution in [-0.4, -0.2) is 40.2 Å². The molecule has 0 bridgehead atoms. The molecule has 148 valence electrons. The summed E-state index contributed by atoms with van der Waals surface area (Å²) >= 11 is 5.79. The number of alkyl halides is 3. The van der Waals surface area contributed by atoms with Gasteiger partial charge >= 0.3 is 6.18 Å². The van der Waals surface area contributed by atoms with E-state index in [9.17, 15) is 23.1 Å². The summed E-state index contributed by atoms with van der Waals surface area (Å²) in [7, 11) is 0. The van der Waals surface area contributed by atoms with Gasteiger partial charge in [0.2, 0.25) is 0 Å². The van der Waals surface area contributed by atoms with Crippen molar-refractivity contribution in [3.05, 3.63) is 64.7 Å². The fourth-order valence-corrected chi connectivity index (χ4v) is 2.88. The molecular formula is C19H16ClF3N2O3. The SMILES string of the molecule is Cc1ccccc1OCC(=O)N1N=C(c2ccc(Cl)cc2)C[C@]1(O)C(F)(F)F. The summed E-state index contributed by atoms with van der Waals surface area (Å²) in [5.74, 6) is -0.764. The Hall–Kier alpha value is -2.58. The van der Waals surface area contributed by atoms with Crippen LogP contribution in [0.5, 0.6) is 5.75 Å². The molecule has 1 N–H and O–H groups in total. The average Bonchev–Trinajstić information content (AvgIpc) is 3.00. The minimum Gasteiger partial charge on any atom is -0.483 e. The number of benzene rings is 2. The van der Waals surface area contributed by atoms with Crippen molar-refractivity contribution in [2.75, 3.05) is 6.61 Å². The van der Waals surface area contributed by atoms with E-state index in [1.54, 1.807) is 31.2 Å². The summed E-state index contributed by atoms with van der Waals surface area (Å²) in [5, 5.41) is 14.5.